The van der Waals surface area contributed by atoms with Crippen LogP contribution >= 0.6 is 0 Å². The normalized spacial score (nSPS) is 12.1. The Morgan fingerprint density at radius 3 is 2.48 bits per heavy atom. The molecule has 2 N–H and O–H groups in total. The number of amides is 1. The second-order valence-corrected chi connectivity index (χ2v) is 7.41. The Labute approximate surface area is 157 Å². The van der Waals surface area contributed by atoms with Crippen LogP contribution in [0.4, 0.5) is 4.39 Å². The zero-order valence-electron chi connectivity index (χ0n) is 14.8. The molecule has 2 aromatic carbocycles. The Balaban J connectivity index is 2.10. The molecule has 142 valence electrons. The number of hydrogen-bond donors (Lipinski definition) is 2. The SMILES string of the molecule is C#CCNS(=O)(=O)c1ccc(C(=O)N[C@H](C)c2ccc(OC)c(F)c2)cc1. The summed E-state index contributed by atoms with van der Waals surface area (Å²) in [7, 11) is -2.35. The number of rotatable bonds is 7. The number of carbonyl (C=O) groups is 1. The van der Waals surface area contributed by atoms with E-state index in [2.05, 4.69) is 16.0 Å². The number of benzene rings is 2. The predicted octanol–water partition coefficient (Wildman–Crippen LogP) is 2.24. The van der Waals surface area contributed by atoms with Gasteiger partial charge in [-0.1, -0.05) is 12.0 Å². The van der Waals surface area contributed by atoms with Crippen LogP contribution in [0.25, 0.3) is 0 Å². The van der Waals surface area contributed by atoms with Gasteiger partial charge in [0.05, 0.1) is 24.6 Å². The molecule has 1 amide bonds. The molecule has 0 aromatic heterocycles. The minimum atomic E-state index is -3.72. The van der Waals surface area contributed by atoms with Crippen LogP contribution in [0, 0.1) is 18.2 Å². The maximum absolute atomic E-state index is 13.8. The average molecular weight is 390 g/mol. The Hall–Kier alpha value is -2.89. The number of sulfonamides is 1. The van der Waals surface area contributed by atoms with Gasteiger partial charge < -0.3 is 10.1 Å². The van der Waals surface area contributed by atoms with Gasteiger partial charge in [0, 0.05) is 5.56 Å². The molecular weight excluding hydrogens is 371 g/mol. The van der Waals surface area contributed by atoms with Crippen molar-refractivity contribution >= 4 is 15.9 Å². The number of methoxy groups -OCH3 is 1. The highest BCUT2D eigenvalue weighted by atomic mass is 32.2. The Kier molecular flexibility index (Phi) is 6.55. The van der Waals surface area contributed by atoms with Crippen LogP contribution in [0.15, 0.2) is 47.4 Å². The molecule has 1 atom stereocenters. The molecule has 0 aliphatic carbocycles. The van der Waals surface area contributed by atoms with E-state index >= 15 is 0 Å². The van der Waals surface area contributed by atoms with Crippen LogP contribution < -0.4 is 14.8 Å². The Bertz CT molecular complexity index is 966. The monoisotopic (exact) mass is 390 g/mol. The highest BCUT2D eigenvalue weighted by Gasteiger charge is 2.16. The van der Waals surface area contributed by atoms with Crippen LogP contribution in [0.3, 0.4) is 0 Å². The summed E-state index contributed by atoms with van der Waals surface area (Å²) in [6.07, 6.45) is 5.04. The van der Waals surface area contributed by atoms with Crippen molar-refractivity contribution in [3.8, 4) is 18.1 Å². The summed E-state index contributed by atoms with van der Waals surface area (Å²) >= 11 is 0. The second-order valence-electron chi connectivity index (χ2n) is 5.64. The number of hydrogen-bond acceptors (Lipinski definition) is 4. The van der Waals surface area contributed by atoms with Crippen molar-refractivity contribution < 1.29 is 22.3 Å². The highest BCUT2D eigenvalue weighted by Crippen LogP contribution is 2.22. The van der Waals surface area contributed by atoms with Gasteiger partial charge in [-0.3, -0.25) is 4.79 Å². The van der Waals surface area contributed by atoms with Crippen molar-refractivity contribution in [3.05, 3.63) is 59.4 Å². The first-order chi connectivity index (χ1) is 12.8. The minimum Gasteiger partial charge on any atom is -0.494 e. The average Bonchev–Trinajstić information content (AvgIpc) is 2.66. The summed E-state index contributed by atoms with van der Waals surface area (Å²) in [5.74, 6) is 1.36. The largest absolute Gasteiger partial charge is 0.494 e. The van der Waals surface area contributed by atoms with Crippen molar-refractivity contribution in [2.24, 2.45) is 0 Å². The standard InChI is InChI=1S/C19H19FN2O4S/c1-4-11-21-27(24,25)16-8-5-14(6-9-16)19(23)22-13(2)15-7-10-18(26-3)17(20)12-15/h1,5-10,12-13,21H,11H2,2-3H3,(H,22,23)/t13-/m1/s1. The van der Waals surface area contributed by atoms with E-state index in [4.69, 9.17) is 11.2 Å². The lowest BCUT2D eigenvalue weighted by Crippen LogP contribution is -2.27. The summed E-state index contributed by atoms with van der Waals surface area (Å²) in [6, 6.07) is 9.37. The van der Waals surface area contributed by atoms with E-state index in [-0.39, 0.29) is 22.8 Å². The molecule has 2 aromatic rings. The van der Waals surface area contributed by atoms with Gasteiger partial charge in [-0.2, -0.15) is 4.72 Å². The number of ether oxygens (including phenoxy) is 1. The minimum absolute atomic E-state index is 0.000394. The van der Waals surface area contributed by atoms with Gasteiger partial charge in [0.1, 0.15) is 0 Å². The van der Waals surface area contributed by atoms with Crippen LogP contribution in [0.5, 0.6) is 5.75 Å². The van der Waals surface area contributed by atoms with Gasteiger partial charge >= 0.3 is 0 Å². The van der Waals surface area contributed by atoms with Crippen molar-refractivity contribution in [1.82, 2.24) is 10.0 Å². The Morgan fingerprint density at radius 2 is 1.93 bits per heavy atom. The third kappa shape index (κ3) is 5.06. The molecule has 0 aliphatic heterocycles. The van der Waals surface area contributed by atoms with Gasteiger partial charge in [-0.05, 0) is 48.9 Å². The molecule has 0 fully saturated rings. The fourth-order valence-electron chi connectivity index (χ4n) is 2.32. The molecule has 0 radical (unpaired) electrons. The number of terminal acetylenes is 1. The molecule has 0 heterocycles. The Morgan fingerprint density at radius 1 is 1.26 bits per heavy atom. The fraction of sp³-hybridized carbons (Fsp3) is 0.211. The second kappa shape index (κ2) is 8.66. The molecule has 6 nitrogen and oxygen atoms in total. The lowest BCUT2D eigenvalue weighted by Gasteiger charge is -2.15. The van der Waals surface area contributed by atoms with Crippen LogP contribution in [-0.2, 0) is 10.0 Å². The van der Waals surface area contributed by atoms with Gasteiger partial charge in [-0.15, -0.1) is 6.42 Å². The van der Waals surface area contributed by atoms with E-state index in [9.17, 15) is 17.6 Å². The first-order valence-corrected chi connectivity index (χ1v) is 9.44. The summed E-state index contributed by atoms with van der Waals surface area (Å²) < 4.78 is 44.8. The van der Waals surface area contributed by atoms with Crippen molar-refractivity contribution in [3.63, 3.8) is 0 Å². The molecule has 0 saturated heterocycles. The van der Waals surface area contributed by atoms with Crippen molar-refractivity contribution in [2.75, 3.05) is 13.7 Å². The van der Waals surface area contributed by atoms with Crippen LogP contribution in [0.1, 0.15) is 28.9 Å². The zero-order chi connectivity index (χ0) is 20.0. The van der Waals surface area contributed by atoms with Gasteiger partial charge in [0.15, 0.2) is 11.6 Å². The molecule has 0 bridgehead atoms. The molecule has 0 spiro atoms. The summed E-state index contributed by atoms with van der Waals surface area (Å²) in [4.78, 5) is 12.3. The van der Waals surface area contributed by atoms with Gasteiger partial charge in [0.2, 0.25) is 10.0 Å². The molecule has 0 aliphatic rings. The fourth-order valence-corrected chi connectivity index (χ4v) is 3.26. The summed E-state index contributed by atoms with van der Waals surface area (Å²) in [5.41, 5.74) is 0.839. The van der Waals surface area contributed by atoms with Gasteiger partial charge in [-0.25, -0.2) is 12.8 Å². The molecule has 8 heteroatoms. The maximum Gasteiger partial charge on any atom is 0.251 e. The first-order valence-electron chi connectivity index (χ1n) is 7.96. The number of halogens is 1. The lowest BCUT2D eigenvalue weighted by molar-refractivity contribution is 0.0939. The van der Waals surface area contributed by atoms with E-state index in [0.717, 1.165) is 0 Å². The number of nitrogens with one attached hydrogen (secondary N) is 2. The smallest absolute Gasteiger partial charge is 0.251 e. The van der Waals surface area contributed by atoms with E-state index in [0.29, 0.717) is 5.56 Å². The summed E-state index contributed by atoms with van der Waals surface area (Å²) in [6.45, 7) is 1.59. The lowest BCUT2D eigenvalue weighted by atomic mass is 10.1. The topological polar surface area (TPSA) is 84.5 Å². The molecule has 0 unspecified atom stereocenters. The molecule has 0 saturated carbocycles. The summed E-state index contributed by atoms with van der Waals surface area (Å²) in [5, 5.41) is 2.73. The molecule has 27 heavy (non-hydrogen) atoms. The molecule has 2 rings (SSSR count). The van der Waals surface area contributed by atoms with E-state index in [1.165, 1.54) is 43.5 Å². The predicted molar refractivity (Wildman–Crippen MR) is 99.3 cm³/mol. The maximum atomic E-state index is 13.8. The number of carbonyl (C=O) groups excluding carboxylic acids is 1. The van der Waals surface area contributed by atoms with Crippen LogP contribution in [0.2, 0.25) is 0 Å². The van der Waals surface area contributed by atoms with E-state index < -0.39 is 27.8 Å². The van der Waals surface area contributed by atoms with Gasteiger partial charge in [0.25, 0.3) is 5.91 Å². The highest BCUT2D eigenvalue weighted by molar-refractivity contribution is 7.89. The molecular formula is C19H19FN2O4S. The first kappa shape index (κ1) is 20.4. The quantitative estimate of drug-likeness (QED) is 0.710. The van der Waals surface area contributed by atoms with E-state index in [1.807, 2.05) is 0 Å². The van der Waals surface area contributed by atoms with E-state index in [1.54, 1.807) is 13.0 Å². The van der Waals surface area contributed by atoms with Crippen molar-refractivity contribution in [1.29, 1.82) is 0 Å². The van der Waals surface area contributed by atoms with Crippen molar-refractivity contribution in [2.45, 2.75) is 17.9 Å². The third-order valence-electron chi connectivity index (χ3n) is 3.81. The third-order valence-corrected chi connectivity index (χ3v) is 5.23. The van der Waals surface area contributed by atoms with Crippen LogP contribution in [-0.4, -0.2) is 28.0 Å². The zero-order valence-corrected chi connectivity index (χ0v) is 15.6.